The first-order valence-electron chi connectivity index (χ1n) is 7.16. The highest BCUT2D eigenvalue weighted by Gasteiger charge is 2.14. The lowest BCUT2D eigenvalue weighted by Gasteiger charge is -2.19. The first-order valence-corrected chi connectivity index (χ1v) is 7.16. The predicted octanol–water partition coefficient (Wildman–Crippen LogP) is 2.42. The Bertz CT molecular complexity index is 633. The third kappa shape index (κ3) is 3.84. The van der Waals surface area contributed by atoms with E-state index in [2.05, 4.69) is 4.98 Å². The molecule has 2 N–H and O–H groups in total. The minimum Gasteiger partial charge on any atom is -0.481 e. The summed E-state index contributed by atoms with van der Waals surface area (Å²) >= 11 is 0. The van der Waals surface area contributed by atoms with Gasteiger partial charge in [0.25, 0.3) is 0 Å². The van der Waals surface area contributed by atoms with E-state index in [0.29, 0.717) is 19.4 Å². The Morgan fingerprint density at radius 2 is 2.00 bits per heavy atom. The average molecular weight is 288 g/mol. The maximum Gasteiger partial charge on any atom is 0.305 e. The van der Waals surface area contributed by atoms with Crippen LogP contribution in [0.4, 0.5) is 0 Å². The van der Waals surface area contributed by atoms with Gasteiger partial charge in [-0.3, -0.25) is 9.59 Å². The van der Waals surface area contributed by atoms with Crippen molar-refractivity contribution in [3.05, 3.63) is 36.0 Å². The minimum atomic E-state index is -0.877. The van der Waals surface area contributed by atoms with Crippen LogP contribution in [0.15, 0.2) is 30.5 Å². The number of aromatic amines is 1. The second kappa shape index (κ2) is 6.92. The molecule has 0 radical (unpaired) electrons. The van der Waals surface area contributed by atoms with Gasteiger partial charge >= 0.3 is 5.97 Å². The number of carboxylic acid groups (broad SMARTS) is 1. The molecule has 1 amide bonds. The summed E-state index contributed by atoms with van der Waals surface area (Å²) in [5.74, 6) is -0.873. The van der Waals surface area contributed by atoms with Gasteiger partial charge in [0.2, 0.25) is 5.91 Å². The summed E-state index contributed by atoms with van der Waals surface area (Å²) in [4.78, 5) is 27.5. The summed E-state index contributed by atoms with van der Waals surface area (Å²) in [6.45, 7) is 2.68. The van der Waals surface area contributed by atoms with Crippen molar-refractivity contribution < 1.29 is 14.7 Å². The highest BCUT2D eigenvalue weighted by Crippen LogP contribution is 2.19. The van der Waals surface area contributed by atoms with Crippen LogP contribution >= 0.6 is 0 Å². The standard InChI is InChI=1S/C16H20N2O3/c1-2-18(10-9-16(20)21)15(19)8-7-12-11-17-14-6-4-3-5-13(12)14/h3-6,11,17H,2,7-10H2,1H3,(H,20,21). The van der Waals surface area contributed by atoms with Gasteiger partial charge in [-0.2, -0.15) is 0 Å². The molecule has 5 heteroatoms. The number of benzene rings is 1. The van der Waals surface area contributed by atoms with Crippen LogP contribution in [0.5, 0.6) is 0 Å². The normalized spacial score (nSPS) is 10.7. The number of nitrogens with zero attached hydrogens (tertiary/aromatic N) is 1. The fourth-order valence-electron chi connectivity index (χ4n) is 2.43. The van der Waals surface area contributed by atoms with Gasteiger partial charge in [-0.1, -0.05) is 18.2 Å². The molecule has 0 spiro atoms. The number of nitrogens with one attached hydrogen (secondary N) is 1. The molecular formula is C16H20N2O3. The molecule has 0 saturated carbocycles. The van der Waals surface area contributed by atoms with Crippen molar-refractivity contribution in [3.8, 4) is 0 Å². The third-order valence-corrected chi connectivity index (χ3v) is 3.61. The number of carboxylic acids is 1. The number of aliphatic carboxylic acids is 1. The van der Waals surface area contributed by atoms with Crippen molar-refractivity contribution in [2.45, 2.75) is 26.2 Å². The molecule has 0 aliphatic carbocycles. The topological polar surface area (TPSA) is 73.4 Å². The smallest absolute Gasteiger partial charge is 0.305 e. The molecule has 112 valence electrons. The molecule has 0 fully saturated rings. The van der Waals surface area contributed by atoms with Gasteiger partial charge in [-0.05, 0) is 25.0 Å². The summed E-state index contributed by atoms with van der Waals surface area (Å²) in [6.07, 6.45) is 2.99. The van der Waals surface area contributed by atoms with E-state index in [9.17, 15) is 9.59 Å². The number of aromatic nitrogens is 1. The van der Waals surface area contributed by atoms with Crippen LogP contribution < -0.4 is 0 Å². The van der Waals surface area contributed by atoms with Crippen molar-refractivity contribution in [1.82, 2.24) is 9.88 Å². The van der Waals surface area contributed by atoms with Crippen LogP contribution in [0.1, 0.15) is 25.3 Å². The first-order chi connectivity index (χ1) is 10.1. The summed E-state index contributed by atoms with van der Waals surface area (Å²) < 4.78 is 0. The number of aryl methyl sites for hydroxylation is 1. The van der Waals surface area contributed by atoms with E-state index in [-0.39, 0.29) is 18.9 Å². The van der Waals surface area contributed by atoms with Crippen LogP contribution in [0.3, 0.4) is 0 Å². The third-order valence-electron chi connectivity index (χ3n) is 3.61. The van der Waals surface area contributed by atoms with Crippen molar-refractivity contribution in [2.75, 3.05) is 13.1 Å². The largest absolute Gasteiger partial charge is 0.481 e. The molecule has 1 aromatic carbocycles. The Balaban J connectivity index is 1.95. The fraction of sp³-hybridized carbons (Fsp3) is 0.375. The lowest BCUT2D eigenvalue weighted by atomic mass is 10.1. The Labute approximate surface area is 123 Å². The highest BCUT2D eigenvalue weighted by molar-refractivity contribution is 5.84. The quantitative estimate of drug-likeness (QED) is 0.821. The van der Waals surface area contributed by atoms with Crippen LogP contribution in [0.2, 0.25) is 0 Å². The zero-order valence-electron chi connectivity index (χ0n) is 12.1. The SMILES string of the molecule is CCN(CCC(=O)O)C(=O)CCc1c[nH]c2ccccc12. The molecule has 1 heterocycles. The van der Waals surface area contributed by atoms with Gasteiger partial charge in [0.05, 0.1) is 6.42 Å². The summed E-state index contributed by atoms with van der Waals surface area (Å²) in [5.41, 5.74) is 2.19. The van der Waals surface area contributed by atoms with Gasteiger partial charge in [0, 0.05) is 36.6 Å². The minimum absolute atomic E-state index is 0.00373. The van der Waals surface area contributed by atoms with E-state index < -0.39 is 5.97 Å². The zero-order chi connectivity index (χ0) is 15.2. The van der Waals surface area contributed by atoms with Gasteiger partial charge in [-0.15, -0.1) is 0 Å². The average Bonchev–Trinajstić information content (AvgIpc) is 2.88. The molecule has 2 rings (SSSR count). The summed E-state index contributed by atoms with van der Waals surface area (Å²) in [6, 6.07) is 7.99. The molecule has 0 atom stereocenters. The molecule has 5 nitrogen and oxygen atoms in total. The van der Waals surface area contributed by atoms with Crippen molar-refractivity contribution in [1.29, 1.82) is 0 Å². The lowest BCUT2D eigenvalue weighted by molar-refractivity contribution is -0.138. The lowest BCUT2D eigenvalue weighted by Crippen LogP contribution is -2.32. The molecule has 21 heavy (non-hydrogen) atoms. The van der Waals surface area contributed by atoms with Gasteiger partial charge < -0.3 is 15.0 Å². The van der Waals surface area contributed by atoms with Gasteiger partial charge in [0.1, 0.15) is 0 Å². The molecule has 0 aliphatic heterocycles. The van der Waals surface area contributed by atoms with Crippen LogP contribution in [-0.4, -0.2) is 40.0 Å². The fourth-order valence-corrected chi connectivity index (χ4v) is 2.43. The van der Waals surface area contributed by atoms with E-state index in [4.69, 9.17) is 5.11 Å². The van der Waals surface area contributed by atoms with E-state index in [1.807, 2.05) is 37.4 Å². The molecule has 0 saturated heterocycles. The van der Waals surface area contributed by atoms with Gasteiger partial charge in [-0.25, -0.2) is 0 Å². The second-order valence-corrected chi connectivity index (χ2v) is 4.98. The molecule has 0 aliphatic rings. The van der Waals surface area contributed by atoms with Crippen LogP contribution in [0.25, 0.3) is 10.9 Å². The molecular weight excluding hydrogens is 268 g/mol. The number of fused-ring (bicyclic) bond motifs is 1. The van der Waals surface area contributed by atoms with Crippen LogP contribution in [-0.2, 0) is 16.0 Å². The number of carbonyl (C=O) groups is 2. The Morgan fingerprint density at radius 3 is 2.71 bits per heavy atom. The van der Waals surface area contributed by atoms with E-state index >= 15 is 0 Å². The molecule has 1 aromatic heterocycles. The number of hydrogen-bond donors (Lipinski definition) is 2. The number of rotatable bonds is 7. The molecule has 0 bridgehead atoms. The van der Waals surface area contributed by atoms with E-state index in [0.717, 1.165) is 16.5 Å². The highest BCUT2D eigenvalue weighted by atomic mass is 16.4. The maximum absolute atomic E-state index is 12.1. The van der Waals surface area contributed by atoms with Gasteiger partial charge in [0.15, 0.2) is 0 Å². The van der Waals surface area contributed by atoms with Crippen LogP contribution in [0, 0.1) is 0 Å². The number of H-pyrrole nitrogens is 1. The number of hydrogen-bond acceptors (Lipinski definition) is 2. The predicted molar refractivity (Wildman–Crippen MR) is 81.1 cm³/mol. The Kier molecular flexibility index (Phi) is 4.98. The van der Waals surface area contributed by atoms with E-state index in [1.54, 1.807) is 4.90 Å². The second-order valence-electron chi connectivity index (χ2n) is 4.98. The monoisotopic (exact) mass is 288 g/mol. The molecule has 2 aromatic rings. The number of amides is 1. The Morgan fingerprint density at radius 1 is 1.24 bits per heavy atom. The number of carbonyl (C=O) groups excluding carboxylic acids is 1. The first kappa shape index (κ1) is 15.1. The van der Waals surface area contributed by atoms with Crippen molar-refractivity contribution >= 4 is 22.8 Å². The summed E-state index contributed by atoms with van der Waals surface area (Å²) in [7, 11) is 0. The Hall–Kier alpha value is -2.30. The van der Waals surface area contributed by atoms with E-state index in [1.165, 1.54) is 0 Å². The maximum atomic E-state index is 12.1. The zero-order valence-corrected chi connectivity index (χ0v) is 12.1. The van der Waals surface area contributed by atoms with Crippen molar-refractivity contribution in [3.63, 3.8) is 0 Å². The molecule has 0 unspecified atom stereocenters. The number of para-hydroxylation sites is 1. The van der Waals surface area contributed by atoms with Crippen molar-refractivity contribution in [2.24, 2.45) is 0 Å². The summed E-state index contributed by atoms with van der Waals surface area (Å²) in [5, 5.41) is 9.83.